The van der Waals surface area contributed by atoms with Crippen LogP contribution in [0.15, 0.2) is 4.99 Å². The zero-order chi connectivity index (χ0) is 11.3. The number of nitrogens with one attached hydrogen (secondary N) is 2. The summed E-state index contributed by atoms with van der Waals surface area (Å²) in [4.78, 5) is 3.85. The maximum atomic E-state index is 11.9. The lowest BCUT2D eigenvalue weighted by atomic mass is 10.4. The molecule has 0 atom stereocenters. The van der Waals surface area contributed by atoms with Gasteiger partial charge >= 0.3 is 6.18 Å². The molecule has 2 N–H and O–H groups in total. The summed E-state index contributed by atoms with van der Waals surface area (Å²) in [5.41, 5.74) is 0. The minimum atomic E-state index is -4.12. The second-order valence-corrected chi connectivity index (χ2v) is 3.54. The summed E-state index contributed by atoms with van der Waals surface area (Å²) in [6.07, 6.45) is -2.85. The topological polar surface area (TPSA) is 36.4 Å². The van der Waals surface area contributed by atoms with Crippen LogP contribution in [0.2, 0.25) is 0 Å². The zero-order valence-electron chi connectivity index (χ0n) is 8.69. The molecule has 0 bridgehead atoms. The van der Waals surface area contributed by atoms with E-state index in [0.717, 1.165) is 12.8 Å². The molecule has 15 heavy (non-hydrogen) atoms. The van der Waals surface area contributed by atoms with E-state index in [1.807, 2.05) is 6.92 Å². The number of guanidine groups is 1. The van der Waals surface area contributed by atoms with Crippen molar-refractivity contribution in [2.45, 2.75) is 38.4 Å². The summed E-state index contributed by atoms with van der Waals surface area (Å²) >= 11 is 0. The van der Waals surface area contributed by atoms with Gasteiger partial charge in [0.1, 0.15) is 0 Å². The van der Waals surface area contributed by atoms with E-state index < -0.39 is 12.6 Å². The molecule has 3 nitrogen and oxygen atoms in total. The highest BCUT2D eigenvalue weighted by Crippen LogP contribution is 2.20. The van der Waals surface area contributed by atoms with Crippen molar-refractivity contribution in [3.63, 3.8) is 0 Å². The number of nitrogens with zero attached hydrogens (tertiary/aromatic N) is 1. The van der Waals surface area contributed by atoms with Crippen molar-refractivity contribution in [1.82, 2.24) is 10.6 Å². The molecule has 6 heteroatoms. The number of aliphatic imine (C=N–C) groups is 1. The van der Waals surface area contributed by atoms with Crippen molar-refractivity contribution in [2.24, 2.45) is 4.99 Å². The molecule has 1 fully saturated rings. The quantitative estimate of drug-likeness (QED) is 0.561. The Balaban J connectivity index is 2.29. The van der Waals surface area contributed by atoms with Gasteiger partial charge in [-0.25, -0.2) is 0 Å². The molecule has 0 saturated heterocycles. The first kappa shape index (κ1) is 12.1. The van der Waals surface area contributed by atoms with Gasteiger partial charge < -0.3 is 10.6 Å². The molecule has 0 heterocycles. The molecule has 0 aromatic carbocycles. The first-order chi connectivity index (χ1) is 7.01. The second-order valence-electron chi connectivity index (χ2n) is 3.54. The molecule has 0 aromatic rings. The normalized spacial score (nSPS) is 17.7. The van der Waals surface area contributed by atoms with E-state index in [1.54, 1.807) is 0 Å². The van der Waals surface area contributed by atoms with E-state index in [-0.39, 0.29) is 6.54 Å². The van der Waals surface area contributed by atoms with Crippen LogP contribution < -0.4 is 10.6 Å². The maximum Gasteiger partial charge on any atom is 0.390 e. The lowest BCUT2D eigenvalue weighted by Crippen LogP contribution is -2.38. The third-order valence-electron chi connectivity index (χ3n) is 1.93. The van der Waals surface area contributed by atoms with Crippen molar-refractivity contribution >= 4 is 5.96 Å². The van der Waals surface area contributed by atoms with Crippen molar-refractivity contribution in [1.29, 1.82) is 0 Å². The first-order valence-electron chi connectivity index (χ1n) is 5.13. The van der Waals surface area contributed by atoms with Crippen LogP contribution in [0.4, 0.5) is 13.2 Å². The summed E-state index contributed by atoms with van der Waals surface area (Å²) in [7, 11) is 0. The van der Waals surface area contributed by atoms with Crippen molar-refractivity contribution in [2.75, 3.05) is 13.1 Å². The SMILES string of the molecule is CCNC(=NCCC(F)(F)F)NC1CC1. The number of hydrogen-bond donors (Lipinski definition) is 2. The van der Waals surface area contributed by atoms with Gasteiger partial charge in [0.05, 0.1) is 13.0 Å². The summed E-state index contributed by atoms with van der Waals surface area (Å²) in [6, 6.07) is 0.397. The van der Waals surface area contributed by atoms with Crippen LogP contribution in [0.3, 0.4) is 0 Å². The van der Waals surface area contributed by atoms with Gasteiger partial charge in [-0.05, 0) is 19.8 Å². The monoisotopic (exact) mass is 223 g/mol. The number of alkyl halides is 3. The highest BCUT2D eigenvalue weighted by Gasteiger charge is 2.26. The Hall–Kier alpha value is -0.940. The van der Waals surface area contributed by atoms with Crippen molar-refractivity contribution in [3.05, 3.63) is 0 Å². The third kappa shape index (κ3) is 6.19. The average Bonchev–Trinajstić information content (AvgIpc) is 2.86. The van der Waals surface area contributed by atoms with E-state index in [4.69, 9.17) is 0 Å². The van der Waals surface area contributed by atoms with Gasteiger partial charge in [0.25, 0.3) is 0 Å². The van der Waals surface area contributed by atoms with Gasteiger partial charge in [0.2, 0.25) is 0 Å². The van der Waals surface area contributed by atoms with Crippen LogP contribution in [0.1, 0.15) is 26.2 Å². The van der Waals surface area contributed by atoms with Gasteiger partial charge in [0, 0.05) is 12.6 Å². The summed E-state index contributed by atoms with van der Waals surface area (Å²) in [6.45, 7) is 2.32. The fraction of sp³-hybridized carbons (Fsp3) is 0.889. The molecule has 0 unspecified atom stereocenters. The molecule has 1 rings (SSSR count). The Bertz CT molecular complexity index is 221. The molecule has 0 aromatic heterocycles. The van der Waals surface area contributed by atoms with Crippen LogP contribution in [-0.2, 0) is 0 Å². The molecule has 0 amide bonds. The van der Waals surface area contributed by atoms with Crippen LogP contribution >= 0.6 is 0 Å². The van der Waals surface area contributed by atoms with E-state index in [1.165, 1.54) is 0 Å². The number of rotatable bonds is 4. The van der Waals surface area contributed by atoms with Crippen LogP contribution in [0.25, 0.3) is 0 Å². The minimum absolute atomic E-state index is 0.217. The van der Waals surface area contributed by atoms with Gasteiger partial charge in [-0.3, -0.25) is 4.99 Å². The van der Waals surface area contributed by atoms with E-state index >= 15 is 0 Å². The molecule has 1 saturated carbocycles. The predicted octanol–water partition coefficient (Wildman–Crippen LogP) is 1.66. The molecule has 1 aliphatic carbocycles. The Morgan fingerprint density at radius 1 is 1.40 bits per heavy atom. The lowest BCUT2D eigenvalue weighted by Gasteiger charge is -2.10. The maximum absolute atomic E-state index is 11.9. The van der Waals surface area contributed by atoms with Crippen LogP contribution in [0, 0.1) is 0 Å². The highest BCUT2D eigenvalue weighted by molar-refractivity contribution is 5.80. The molecular weight excluding hydrogens is 207 g/mol. The molecule has 0 radical (unpaired) electrons. The van der Waals surface area contributed by atoms with Gasteiger partial charge in [-0.1, -0.05) is 0 Å². The first-order valence-corrected chi connectivity index (χ1v) is 5.13. The standard InChI is InChI=1S/C9H16F3N3/c1-2-13-8(15-7-3-4-7)14-6-5-9(10,11)12/h7H,2-6H2,1H3,(H2,13,14,15). The molecule has 88 valence electrons. The molecular formula is C9H16F3N3. The van der Waals surface area contributed by atoms with Gasteiger partial charge in [0.15, 0.2) is 5.96 Å². The molecule has 1 aliphatic rings. The molecule has 0 spiro atoms. The summed E-state index contributed by atoms with van der Waals surface area (Å²) < 4.78 is 35.6. The van der Waals surface area contributed by atoms with Gasteiger partial charge in [-0.2, -0.15) is 13.2 Å². The number of hydrogen-bond acceptors (Lipinski definition) is 1. The Kier molecular flexibility index (Phi) is 4.23. The fourth-order valence-electron chi connectivity index (χ4n) is 1.04. The smallest absolute Gasteiger partial charge is 0.357 e. The third-order valence-corrected chi connectivity index (χ3v) is 1.93. The van der Waals surface area contributed by atoms with Crippen molar-refractivity contribution < 1.29 is 13.2 Å². The Morgan fingerprint density at radius 3 is 2.53 bits per heavy atom. The summed E-state index contributed by atoms with van der Waals surface area (Å²) in [5, 5.41) is 5.96. The highest BCUT2D eigenvalue weighted by atomic mass is 19.4. The predicted molar refractivity (Wildman–Crippen MR) is 52.8 cm³/mol. The molecule has 0 aliphatic heterocycles. The fourth-order valence-corrected chi connectivity index (χ4v) is 1.04. The Labute approximate surface area is 87.1 Å². The van der Waals surface area contributed by atoms with Crippen LogP contribution in [-0.4, -0.2) is 31.3 Å². The lowest BCUT2D eigenvalue weighted by molar-refractivity contribution is -0.132. The van der Waals surface area contributed by atoms with E-state index in [0.29, 0.717) is 18.5 Å². The van der Waals surface area contributed by atoms with E-state index in [9.17, 15) is 13.2 Å². The summed E-state index contributed by atoms with van der Waals surface area (Å²) in [5.74, 6) is 0.490. The van der Waals surface area contributed by atoms with E-state index in [2.05, 4.69) is 15.6 Å². The second kappa shape index (κ2) is 5.23. The van der Waals surface area contributed by atoms with Crippen molar-refractivity contribution in [3.8, 4) is 0 Å². The average molecular weight is 223 g/mol. The van der Waals surface area contributed by atoms with Gasteiger partial charge in [-0.15, -0.1) is 0 Å². The zero-order valence-corrected chi connectivity index (χ0v) is 8.69. The Morgan fingerprint density at radius 2 is 2.07 bits per heavy atom. The number of halogens is 3. The largest absolute Gasteiger partial charge is 0.390 e. The van der Waals surface area contributed by atoms with Crippen LogP contribution in [0.5, 0.6) is 0 Å². The minimum Gasteiger partial charge on any atom is -0.357 e.